The van der Waals surface area contributed by atoms with E-state index in [4.69, 9.17) is 0 Å². The molecule has 0 radical (unpaired) electrons. The van der Waals surface area contributed by atoms with Crippen molar-refractivity contribution >= 4 is 29.0 Å². The van der Waals surface area contributed by atoms with Gasteiger partial charge in [0.25, 0.3) is 23.2 Å². The van der Waals surface area contributed by atoms with E-state index < -0.39 is 68.8 Å². The summed E-state index contributed by atoms with van der Waals surface area (Å²) in [5.41, 5.74) is -0.832. The van der Waals surface area contributed by atoms with Crippen molar-refractivity contribution in [2.24, 2.45) is 11.8 Å². The molecule has 6 rings (SSSR count). The highest BCUT2D eigenvalue weighted by Gasteiger charge is 2.43. The minimum atomic E-state index is -1.06. The van der Waals surface area contributed by atoms with Crippen LogP contribution < -0.4 is 0 Å². The van der Waals surface area contributed by atoms with Crippen LogP contribution in [0.2, 0.25) is 0 Å². The number of carbonyl (C=O) groups excluding carboxylic acids is 3. The maximum Gasteiger partial charge on any atom is 0.270 e. The van der Waals surface area contributed by atoms with E-state index >= 15 is 8.78 Å². The Balaban J connectivity index is 1.29. The molecule has 4 aromatic carbocycles. The molecule has 4 atom stereocenters. The highest BCUT2D eigenvalue weighted by molar-refractivity contribution is 5.96. The second kappa shape index (κ2) is 14.7. The Morgan fingerprint density at radius 2 is 1.00 bits per heavy atom. The zero-order chi connectivity index (χ0) is 37.3. The third-order valence-corrected chi connectivity index (χ3v) is 9.78. The summed E-state index contributed by atoms with van der Waals surface area (Å²) in [6.07, 6.45) is 0.0946. The monoisotopic (exact) mass is 718 g/mol. The lowest BCUT2D eigenvalue weighted by molar-refractivity contribution is -0.385. The van der Waals surface area contributed by atoms with Gasteiger partial charge in [-0.15, -0.1) is 0 Å². The first-order valence-electron chi connectivity index (χ1n) is 16.4. The van der Waals surface area contributed by atoms with E-state index in [1.807, 2.05) is 0 Å². The molecule has 0 spiro atoms. The van der Waals surface area contributed by atoms with Crippen molar-refractivity contribution < 1.29 is 41.8 Å². The van der Waals surface area contributed by atoms with Crippen molar-refractivity contribution in [3.8, 4) is 0 Å². The molecule has 2 amide bonds. The molecule has 2 saturated heterocycles. The van der Waals surface area contributed by atoms with Gasteiger partial charge >= 0.3 is 0 Å². The fraction of sp³-hybridized carbons (Fsp3) is 0.270. The van der Waals surface area contributed by atoms with Gasteiger partial charge in [-0.05, 0) is 49.9 Å². The van der Waals surface area contributed by atoms with Crippen molar-refractivity contribution in [3.63, 3.8) is 0 Å². The second-order valence-electron chi connectivity index (χ2n) is 12.8. The van der Waals surface area contributed by atoms with Gasteiger partial charge in [0.2, 0.25) is 0 Å². The standard InChI is InChI=1S/C37H30F4N4O7/c38-25-7-9-29(31(40)19-25)33-17-21(11-13-42(33)36(47)23-3-1-5-27(15-23)44(49)50)35(46)22-12-14-43(34(18-22)30-10-8-26(39)20-32(30)41)37(48)24-4-2-6-28(16-24)45(51)52/h1-10,15-16,19-22,33-34H,11-14,17-18H2. The van der Waals surface area contributed by atoms with Crippen LogP contribution in [-0.2, 0) is 4.79 Å². The Kier molecular flexibility index (Phi) is 10.1. The van der Waals surface area contributed by atoms with E-state index in [-0.39, 0.29) is 78.2 Å². The summed E-state index contributed by atoms with van der Waals surface area (Å²) in [4.78, 5) is 65.7. The highest BCUT2D eigenvalue weighted by Crippen LogP contribution is 2.42. The van der Waals surface area contributed by atoms with E-state index in [1.54, 1.807) is 0 Å². The predicted octanol–water partition coefficient (Wildman–Crippen LogP) is 7.52. The Hall–Kier alpha value is -5.99. The zero-order valence-electron chi connectivity index (χ0n) is 27.3. The van der Waals surface area contributed by atoms with E-state index in [9.17, 15) is 43.4 Å². The summed E-state index contributed by atoms with van der Waals surface area (Å²) < 4.78 is 58.4. The van der Waals surface area contributed by atoms with Crippen molar-refractivity contribution in [1.29, 1.82) is 0 Å². The van der Waals surface area contributed by atoms with Gasteiger partial charge in [0, 0.05) is 83.6 Å². The molecule has 0 aromatic heterocycles. The third kappa shape index (κ3) is 7.24. The van der Waals surface area contributed by atoms with Crippen LogP contribution in [0, 0.1) is 55.3 Å². The van der Waals surface area contributed by atoms with Crippen molar-refractivity contribution in [1.82, 2.24) is 9.80 Å². The van der Waals surface area contributed by atoms with Gasteiger partial charge in [-0.1, -0.05) is 24.3 Å². The maximum absolute atomic E-state index is 15.3. The second-order valence-corrected chi connectivity index (χ2v) is 12.8. The van der Waals surface area contributed by atoms with Crippen LogP contribution in [0.4, 0.5) is 28.9 Å². The Labute approximate surface area is 293 Å². The SMILES string of the molecule is O=C(C1CCN(C(=O)c2cccc([N+](=O)[O-])c2)C(c2ccc(F)cc2F)C1)C1CCN(C(=O)c2cccc([N+](=O)[O-])c2)C(c2ccc(F)cc2F)C1. The number of Topliss-reactive ketones (excluding diaryl/α,β-unsaturated/α-hetero) is 1. The lowest BCUT2D eigenvalue weighted by atomic mass is 9.75. The average Bonchev–Trinajstić information content (AvgIpc) is 3.13. The van der Waals surface area contributed by atoms with Crippen LogP contribution in [0.5, 0.6) is 0 Å². The van der Waals surface area contributed by atoms with Gasteiger partial charge in [0.1, 0.15) is 29.1 Å². The molecule has 268 valence electrons. The molecule has 15 heteroatoms. The number of rotatable bonds is 8. The van der Waals surface area contributed by atoms with Crippen LogP contribution in [0.25, 0.3) is 0 Å². The zero-order valence-corrected chi connectivity index (χ0v) is 27.3. The molecule has 0 bridgehead atoms. The number of nitro groups is 2. The van der Waals surface area contributed by atoms with Crippen LogP contribution in [-0.4, -0.2) is 50.3 Å². The number of benzene rings is 4. The Bertz CT molecular complexity index is 1950. The molecule has 2 fully saturated rings. The van der Waals surface area contributed by atoms with Crippen molar-refractivity contribution in [3.05, 3.63) is 151 Å². The summed E-state index contributed by atoms with van der Waals surface area (Å²) in [6, 6.07) is 13.7. The first-order chi connectivity index (χ1) is 24.8. The molecule has 52 heavy (non-hydrogen) atoms. The molecular weight excluding hydrogens is 688 g/mol. The molecule has 2 aliphatic heterocycles. The number of amides is 2. The maximum atomic E-state index is 15.3. The van der Waals surface area contributed by atoms with Gasteiger partial charge in [-0.2, -0.15) is 0 Å². The number of likely N-dealkylation sites (tertiary alicyclic amines) is 2. The molecular formula is C37H30F4N4O7. The first-order valence-corrected chi connectivity index (χ1v) is 16.4. The molecule has 0 saturated carbocycles. The molecule has 0 aliphatic carbocycles. The van der Waals surface area contributed by atoms with Gasteiger partial charge in [0.15, 0.2) is 0 Å². The molecule has 0 N–H and O–H groups in total. The number of piperidine rings is 2. The minimum Gasteiger partial charge on any atom is -0.331 e. The highest BCUT2D eigenvalue weighted by atomic mass is 19.1. The van der Waals surface area contributed by atoms with E-state index in [2.05, 4.69) is 0 Å². The smallest absolute Gasteiger partial charge is 0.270 e. The lowest BCUT2D eigenvalue weighted by Gasteiger charge is -2.43. The Morgan fingerprint density at radius 3 is 1.37 bits per heavy atom. The van der Waals surface area contributed by atoms with Crippen LogP contribution >= 0.6 is 0 Å². The molecule has 2 aliphatic rings. The number of nitrogens with zero attached hydrogens (tertiary/aromatic N) is 4. The number of carbonyl (C=O) groups is 3. The number of ketones is 1. The van der Waals surface area contributed by atoms with Crippen LogP contribution in [0.1, 0.15) is 69.6 Å². The average molecular weight is 719 g/mol. The minimum absolute atomic E-state index is 0.0311. The van der Waals surface area contributed by atoms with Gasteiger partial charge in [-0.25, -0.2) is 17.6 Å². The summed E-state index contributed by atoms with van der Waals surface area (Å²) in [7, 11) is 0. The summed E-state index contributed by atoms with van der Waals surface area (Å²) >= 11 is 0. The van der Waals surface area contributed by atoms with E-state index in [1.165, 1.54) is 58.3 Å². The summed E-state index contributed by atoms with van der Waals surface area (Å²) in [6.45, 7) is -0.112. The fourth-order valence-electron chi connectivity index (χ4n) is 7.24. The lowest BCUT2D eigenvalue weighted by Crippen LogP contribution is -2.47. The first kappa shape index (κ1) is 35.8. The number of nitro benzene ring substituents is 2. The van der Waals surface area contributed by atoms with Crippen molar-refractivity contribution in [2.45, 2.75) is 37.8 Å². The van der Waals surface area contributed by atoms with Crippen LogP contribution in [0.15, 0.2) is 84.9 Å². The molecule has 4 aromatic rings. The molecule has 11 nitrogen and oxygen atoms in total. The van der Waals surface area contributed by atoms with Crippen LogP contribution in [0.3, 0.4) is 0 Å². The Morgan fingerprint density at radius 1 is 0.596 bits per heavy atom. The van der Waals surface area contributed by atoms with E-state index in [0.717, 1.165) is 24.3 Å². The largest absolute Gasteiger partial charge is 0.331 e. The number of halogens is 4. The quantitative estimate of drug-likeness (QED) is 0.104. The normalized spacial score (nSPS) is 20.3. The van der Waals surface area contributed by atoms with Crippen molar-refractivity contribution in [2.75, 3.05) is 13.1 Å². The number of hydrogen-bond acceptors (Lipinski definition) is 7. The molecule has 2 heterocycles. The topological polar surface area (TPSA) is 144 Å². The predicted molar refractivity (Wildman–Crippen MR) is 177 cm³/mol. The molecule has 4 unspecified atom stereocenters. The van der Waals surface area contributed by atoms with Gasteiger partial charge in [0.05, 0.1) is 21.9 Å². The third-order valence-electron chi connectivity index (χ3n) is 9.78. The summed E-state index contributed by atoms with van der Waals surface area (Å²) in [5.74, 6) is -6.71. The van der Waals surface area contributed by atoms with E-state index in [0.29, 0.717) is 12.1 Å². The number of non-ortho nitro benzene ring substituents is 2. The number of hydrogen-bond donors (Lipinski definition) is 0. The summed E-state index contributed by atoms with van der Waals surface area (Å²) in [5, 5.41) is 22.7. The van der Waals surface area contributed by atoms with Gasteiger partial charge in [-0.3, -0.25) is 34.6 Å². The fourth-order valence-corrected chi connectivity index (χ4v) is 7.24. The van der Waals surface area contributed by atoms with Gasteiger partial charge < -0.3 is 9.80 Å².